The van der Waals surface area contributed by atoms with Gasteiger partial charge in [0.15, 0.2) is 5.13 Å². The lowest BCUT2D eigenvalue weighted by atomic mass is 10.1. The lowest BCUT2D eigenvalue weighted by Crippen LogP contribution is -2.39. The van der Waals surface area contributed by atoms with Crippen LogP contribution in [0.5, 0.6) is 0 Å². The van der Waals surface area contributed by atoms with Crippen molar-refractivity contribution >= 4 is 55.0 Å². The van der Waals surface area contributed by atoms with Gasteiger partial charge < -0.3 is 4.90 Å². The Morgan fingerprint density at radius 1 is 0.895 bits per heavy atom. The van der Waals surface area contributed by atoms with E-state index in [0.717, 1.165) is 42.7 Å². The van der Waals surface area contributed by atoms with E-state index in [9.17, 15) is 13.2 Å². The van der Waals surface area contributed by atoms with Gasteiger partial charge in [0.2, 0.25) is 10.0 Å². The van der Waals surface area contributed by atoms with Crippen LogP contribution in [0.4, 0.5) is 5.13 Å². The van der Waals surface area contributed by atoms with Crippen molar-refractivity contribution in [2.75, 3.05) is 44.2 Å². The summed E-state index contributed by atoms with van der Waals surface area (Å²) in [7, 11) is -3.60. The van der Waals surface area contributed by atoms with Crippen LogP contribution in [0.25, 0.3) is 10.2 Å². The third kappa shape index (κ3) is 7.33. The van der Waals surface area contributed by atoms with Crippen molar-refractivity contribution in [3.05, 3.63) is 53.1 Å². The van der Waals surface area contributed by atoms with E-state index in [4.69, 9.17) is 4.98 Å². The molecule has 0 saturated heterocycles. The number of aryl methyl sites for hydroxylation is 2. The second-order valence-electron chi connectivity index (χ2n) is 9.26. The summed E-state index contributed by atoms with van der Waals surface area (Å²) in [4.78, 5) is 22.8. The molecule has 0 aliphatic carbocycles. The quantitative estimate of drug-likeness (QED) is 0.243. The zero-order chi connectivity index (χ0) is 27.2. The van der Waals surface area contributed by atoms with Crippen LogP contribution in [-0.2, 0) is 10.0 Å². The fourth-order valence-electron chi connectivity index (χ4n) is 4.21. The second kappa shape index (κ2) is 14.4. The molecule has 1 amide bonds. The molecule has 0 aliphatic heterocycles. The molecule has 3 aromatic rings. The highest BCUT2D eigenvalue weighted by atomic mass is 35.5. The molecular weight excluding hydrogens is 540 g/mol. The highest BCUT2D eigenvalue weighted by Crippen LogP contribution is 2.32. The molecule has 38 heavy (non-hydrogen) atoms. The van der Waals surface area contributed by atoms with E-state index < -0.39 is 10.0 Å². The third-order valence-electron chi connectivity index (χ3n) is 6.86. The van der Waals surface area contributed by atoms with Crippen LogP contribution in [0.2, 0.25) is 0 Å². The normalized spacial score (nSPS) is 11.8. The summed E-state index contributed by atoms with van der Waals surface area (Å²) in [6.07, 6.45) is 1.74. The number of sulfonamides is 1. The summed E-state index contributed by atoms with van der Waals surface area (Å²) < 4.78 is 28.8. The fraction of sp³-hybridized carbons (Fsp3) is 0.500. The summed E-state index contributed by atoms with van der Waals surface area (Å²) in [6, 6.07) is 10.5. The molecular formula is C28H41ClN4O3S2. The Hall–Kier alpha value is -2.04. The first-order chi connectivity index (χ1) is 17.7. The third-order valence-corrected chi connectivity index (χ3v) is 9.89. The van der Waals surface area contributed by atoms with E-state index in [-0.39, 0.29) is 23.2 Å². The number of likely N-dealkylation sites (N-methyl/N-ethyl adjacent to an activating group) is 1. The van der Waals surface area contributed by atoms with Gasteiger partial charge in [0.1, 0.15) is 0 Å². The number of fused-ring (bicyclic) bond motifs is 1. The molecule has 0 unspecified atom stereocenters. The number of hydrogen-bond acceptors (Lipinski definition) is 6. The lowest BCUT2D eigenvalue weighted by molar-refractivity contribution is 0.0983. The number of carbonyl (C=O) groups is 1. The van der Waals surface area contributed by atoms with Crippen LogP contribution in [0.3, 0.4) is 0 Å². The van der Waals surface area contributed by atoms with Gasteiger partial charge in [0, 0.05) is 31.7 Å². The SMILES string of the molecule is CCCCN(CC)S(=O)(=O)c1ccc(C(=O)N(CCN(CC)CC)c2nc3cc(C)c(C)cc3s2)cc1.Cl. The average molecular weight is 581 g/mol. The largest absolute Gasteiger partial charge is 0.302 e. The monoisotopic (exact) mass is 580 g/mol. The van der Waals surface area contributed by atoms with Crippen LogP contribution < -0.4 is 4.90 Å². The van der Waals surface area contributed by atoms with Crippen molar-refractivity contribution in [1.29, 1.82) is 0 Å². The van der Waals surface area contributed by atoms with Crippen molar-refractivity contribution in [3.63, 3.8) is 0 Å². The van der Waals surface area contributed by atoms with Gasteiger partial charge in [-0.15, -0.1) is 12.4 Å². The van der Waals surface area contributed by atoms with Crippen molar-refractivity contribution < 1.29 is 13.2 Å². The number of halogens is 1. The first-order valence-electron chi connectivity index (χ1n) is 13.2. The first kappa shape index (κ1) is 32.2. The number of benzene rings is 2. The molecule has 3 rings (SSSR count). The number of nitrogens with zero attached hydrogens (tertiary/aromatic N) is 4. The molecule has 0 saturated carbocycles. The van der Waals surface area contributed by atoms with E-state index in [1.54, 1.807) is 29.2 Å². The van der Waals surface area contributed by atoms with E-state index in [1.165, 1.54) is 26.8 Å². The number of carbonyl (C=O) groups excluding carboxylic acids is 1. The van der Waals surface area contributed by atoms with Crippen LogP contribution in [0.15, 0.2) is 41.3 Å². The number of anilines is 1. The van der Waals surface area contributed by atoms with Crippen LogP contribution >= 0.6 is 23.7 Å². The van der Waals surface area contributed by atoms with Gasteiger partial charge in [-0.1, -0.05) is 45.5 Å². The van der Waals surface area contributed by atoms with E-state index >= 15 is 0 Å². The average Bonchev–Trinajstić information content (AvgIpc) is 3.29. The molecule has 0 radical (unpaired) electrons. The van der Waals surface area contributed by atoms with Gasteiger partial charge in [-0.05, 0) is 80.9 Å². The molecule has 1 heterocycles. The van der Waals surface area contributed by atoms with Gasteiger partial charge >= 0.3 is 0 Å². The van der Waals surface area contributed by atoms with Crippen LogP contribution in [-0.4, -0.2) is 67.8 Å². The van der Waals surface area contributed by atoms with Gasteiger partial charge in [-0.3, -0.25) is 9.69 Å². The second-order valence-corrected chi connectivity index (χ2v) is 12.2. The Bertz CT molecular complexity index is 1270. The molecule has 0 fully saturated rings. The fourth-order valence-corrected chi connectivity index (χ4v) is 6.76. The number of unbranched alkanes of at least 4 members (excludes halogenated alkanes) is 1. The molecule has 0 spiro atoms. The minimum absolute atomic E-state index is 0. The van der Waals surface area contributed by atoms with E-state index in [1.807, 2.05) is 13.8 Å². The molecule has 210 valence electrons. The molecule has 0 atom stereocenters. The van der Waals surface area contributed by atoms with Crippen molar-refractivity contribution in [2.45, 2.75) is 59.3 Å². The lowest BCUT2D eigenvalue weighted by Gasteiger charge is -2.25. The highest BCUT2D eigenvalue weighted by molar-refractivity contribution is 7.89. The highest BCUT2D eigenvalue weighted by Gasteiger charge is 2.25. The first-order valence-corrected chi connectivity index (χ1v) is 15.4. The van der Waals surface area contributed by atoms with Gasteiger partial charge in [0.05, 0.1) is 15.1 Å². The summed E-state index contributed by atoms with van der Waals surface area (Å²) in [6.45, 7) is 16.2. The van der Waals surface area contributed by atoms with Crippen molar-refractivity contribution in [3.8, 4) is 0 Å². The Kier molecular flexibility index (Phi) is 12.2. The molecule has 2 aromatic carbocycles. The minimum atomic E-state index is -3.60. The predicted molar refractivity (Wildman–Crippen MR) is 162 cm³/mol. The molecule has 0 bridgehead atoms. The topological polar surface area (TPSA) is 73.8 Å². The summed E-state index contributed by atoms with van der Waals surface area (Å²) in [5, 5.41) is 0.658. The smallest absolute Gasteiger partial charge is 0.260 e. The van der Waals surface area contributed by atoms with Gasteiger partial charge in [-0.2, -0.15) is 4.31 Å². The zero-order valence-electron chi connectivity index (χ0n) is 23.4. The van der Waals surface area contributed by atoms with E-state index in [2.05, 4.69) is 44.7 Å². The molecule has 10 heteroatoms. The summed E-state index contributed by atoms with van der Waals surface area (Å²) in [5.41, 5.74) is 3.70. The molecule has 0 N–H and O–H groups in total. The maximum absolute atomic E-state index is 13.8. The molecule has 0 aliphatic rings. The maximum atomic E-state index is 13.8. The van der Waals surface area contributed by atoms with Crippen LogP contribution in [0, 0.1) is 13.8 Å². The number of aromatic nitrogens is 1. The van der Waals surface area contributed by atoms with Crippen LogP contribution in [0.1, 0.15) is 62.0 Å². The Morgan fingerprint density at radius 2 is 1.53 bits per heavy atom. The Morgan fingerprint density at radius 3 is 2.11 bits per heavy atom. The zero-order valence-corrected chi connectivity index (χ0v) is 25.8. The van der Waals surface area contributed by atoms with Crippen molar-refractivity contribution in [2.24, 2.45) is 0 Å². The van der Waals surface area contributed by atoms with Crippen molar-refractivity contribution in [1.82, 2.24) is 14.2 Å². The van der Waals surface area contributed by atoms with E-state index in [0.29, 0.717) is 30.3 Å². The predicted octanol–water partition coefficient (Wildman–Crippen LogP) is 6.13. The number of rotatable bonds is 13. The van der Waals surface area contributed by atoms with Gasteiger partial charge in [-0.25, -0.2) is 13.4 Å². The number of amides is 1. The Balaban J connectivity index is 0.00000507. The molecule has 7 nitrogen and oxygen atoms in total. The molecule has 1 aromatic heterocycles. The number of thiazole rings is 1. The standard InChI is InChI=1S/C28H40N4O3S2.ClH/c1-7-11-16-31(10-4)37(34,35)24-14-12-23(13-15-24)27(33)32(18-17-30(8-2)9-3)28-29-25-19-21(5)22(6)20-26(25)36-28;/h12-15,19-20H,7-11,16-18H2,1-6H3;1H. The Labute approximate surface area is 238 Å². The van der Waals surface area contributed by atoms with Gasteiger partial charge in [0.25, 0.3) is 5.91 Å². The summed E-state index contributed by atoms with van der Waals surface area (Å²) >= 11 is 1.51. The summed E-state index contributed by atoms with van der Waals surface area (Å²) in [5.74, 6) is -0.179. The number of hydrogen-bond donors (Lipinski definition) is 0. The minimum Gasteiger partial charge on any atom is -0.302 e. The maximum Gasteiger partial charge on any atom is 0.260 e.